The van der Waals surface area contributed by atoms with Gasteiger partial charge in [-0.25, -0.2) is 0 Å². The second kappa shape index (κ2) is 7.16. The van der Waals surface area contributed by atoms with Gasteiger partial charge < -0.3 is 5.32 Å². The zero-order valence-corrected chi connectivity index (χ0v) is 15.8. The van der Waals surface area contributed by atoms with Gasteiger partial charge in [0.1, 0.15) is 11.1 Å². The Kier molecular flexibility index (Phi) is 4.97. The van der Waals surface area contributed by atoms with Crippen LogP contribution in [0, 0.1) is 21.8 Å². The number of carbonyl (C=O) groups excluding carboxylic acids is 1. The van der Waals surface area contributed by atoms with Gasteiger partial charge in [0.15, 0.2) is 0 Å². The van der Waals surface area contributed by atoms with E-state index in [2.05, 4.69) is 34.0 Å². The summed E-state index contributed by atoms with van der Waals surface area (Å²) in [4.78, 5) is 13.5. The third-order valence-electron chi connectivity index (χ3n) is 3.57. The van der Waals surface area contributed by atoms with E-state index in [4.69, 9.17) is 0 Å². The fraction of sp³-hybridized carbons (Fsp3) is 0.0526. The lowest BCUT2D eigenvalue weighted by Crippen LogP contribution is -2.11. The first-order valence-corrected chi connectivity index (χ1v) is 9.15. The Morgan fingerprint density at radius 1 is 1.17 bits per heavy atom. The van der Waals surface area contributed by atoms with Crippen LogP contribution in [0.1, 0.15) is 20.8 Å². The van der Waals surface area contributed by atoms with Crippen molar-refractivity contribution in [3.8, 4) is 17.2 Å². The lowest BCUT2D eigenvalue weighted by molar-refractivity contribution is 0.102. The van der Waals surface area contributed by atoms with E-state index in [-0.39, 0.29) is 5.91 Å². The topological polar surface area (TPSA) is 52.9 Å². The highest BCUT2D eigenvalue weighted by Gasteiger charge is 2.19. The first-order chi connectivity index (χ1) is 11.6. The van der Waals surface area contributed by atoms with Gasteiger partial charge in [0.2, 0.25) is 0 Å². The van der Waals surface area contributed by atoms with Gasteiger partial charge in [-0.1, -0.05) is 36.4 Å². The molecule has 0 bridgehead atoms. The van der Waals surface area contributed by atoms with Crippen LogP contribution >= 0.6 is 33.9 Å². The van der Waals surface area contributed by atoms with Crippen molar-refractivity contribution in [3.63, 3.8) is 0 Å². The average Bonchev–Trinajstić information content (AvgIpc) is 2.90. The SMILES string of the molecule is Cc1sc(NC(=O)c2cccc(I)c2)c(C#N)c1-c1ccccc1. The minimum Gasteiger partial charge on any atom is -0.312 e. The Balaban J connectivity index is 1.98. The first kappa shape index (κ1) is 16.7. The highest BCUT2D eigenvalue weighted by molar-refractivity contribution is 14.1. The molecule has 3 aromatic rings. The van der Waals surface area contributed by atoms with Crippen molar-refractivity contribution in [1.29, 1.82) is 5.26 Å². The Morgan fingerprint density at radius 2 is 1.92 bits per heavy atom. The smallest absolute Gasteiger partial charge is 0.256 e. The predicted octanol–water partition coefficient (Wildman–Crippen LogP) is 5.45. The maximum Gasteiger partial charge on any atom is 0.256 e. The molecular formula is C19H13IN2OS. The summed E-state index contributed by atoms with van der Waals surface area (Å²) < 4.78 is 0.994. The van der Waals surface area contributed by atoms with E-state index >= 15 is 0 Å². The number of nitriles is 1. The van der Waals surface area contributed by atoms with Crippen LogP contribution in [0.25, 0.3) is 11.1 Å². The minimum atomic E-state index is -0.203. The van der Waals surface area contributed by atoms with E-state index in [0.717, 1.165) is 19.6 Å². The molecule has 1 aromatic heterocycles. The van der Waals surface area contributed by atoms with Crippen LogP contribution in [0.3, 0.4) is 0 Å². The quantitative estimate of drug-likeness (QED) is 0.546. The molecule has 0 unspecified atom stereocenters. The molecule has 0 saturated heterocycles. The van der Waals surface area contributed by atoms with Crippen molar-refractivity contribution in [2.75, 3.05) is 5.32 Å². The average molecular weight is 444 g/mol. The lowest BCUT2D eigenvalue weighted by Gasteiger charge is -2.05. The largest absolute Gasteiger partial charge is 0.312 e. The molecule has 3 rings (SSSR count). The summed E-state index contributed by atoms with van der Waals surface area (Å²) in [6.45, 7) is 1.97. The molecule has 1 N–H and O–H groups in total. The number of halogens is 1. The number of nitrogens with one attached hydrogen (secondary N) is 1. The van der Waals surface area contributed by atoms with Crippen molar-refractivity contribution in [3.05, 3.63) is 74.2 Å². The number of hydrogen-bond acceptors (Lipinski definition) is 3. The molecule has 0 saturated carbocycles. The van der Waals surface area contributed by atoms with E-state index in [1.807, 2.05) is 55.5 Å². The molecule has 1 amide bonds. The van der Waals surface area contributed by atoms with E-state index in [0.29, 0.717) is 16.1 Å². The molecule has 0 spiro atoms. The van der Waals surface area contributed by atoms with Crippen molar-refractivity contribution in [1.82, 2.24) is 0 Å². The fourth-order valence-corrected chi connectivity index (χ4v) is 4.06. The zero-order chi connectivity index (χ0) is 17.1. The summed E-state index contributed by atoms with van der Waals surface area (Å²) in [7, 11) is 0. The van der Waals surface area contributed by atoms with Gasteiger partial charge in [0.25, 0.3) is 5.91 Å². The van der Waals surface area contributed by atoms with Crippen LogP contribution in [0.4, 0.5) is 5.00 Å². The molecule has 5 heteroatoms. The van der Waals surface area contributed by atoms with Gasteiger partial charge in [0.05, 0.1) is 5.56 Å². The predicted molar refractivity (Wildman–Crippen MR) is 106 cm³/mol. The number of thiophene rings is 1. The molecular weight excluding hydrogens is 431 g/mol. The van der Waals surface area contributed by atoms with Crippen LogP contribution in [-0.4, -0.2) is 5.91 Å². The second-order valence-corrected chi connectivity index (χ2v) is 7.65. The number of nitrogens with zero attached hydrogens (tertiary/aromatic N) is 1. The molecule has 0 aliphatic carbocycles. The van der Waals surface area contributed by atoms with Gasteiger partial charge in [-0.3, -0.25) is 4.79 Å². The van der Waals surface area contributed by atoms with Crippen molar-refractivity contribution < 1.29 is 4.79 Å². The molecule has 3 nitrogen and oxygen atoms in total. The van der Waals surface area contributed by atoms with E-state index < -0.39 is 0 Å². The van der Waals surface area contributed by atoms with Crippen molar-refractivity contribution >= 4 is 44.8 Å². The zero-order valence-electron chi connectivity index (χ0n) is 12.8. The highest BCUT2D eigenvalue weighted by atomic mass is 127. The van der Waals surface area contributed by atoms with Crippen LogP contribution in [0.2, 0.25) is 0 Å². The molecule has 0 radical (unpaired) electrons. The van der Waals surface area contributed by atoms with Gasteiger partial charge in [-0.05, 0) is 53.3 Å². The maximum atomic E-state index is 12.5. The molecule has 0 atom stereocenters. The summed E-state index contributed by atoms with van der Waals surface area (Å²) in [6, 6.07) is 19.4. The highest BCUT2D eigenvalue weighted by Crippen LogP contribution is 2.39. The molecule has 0 fully saturated rings. The van der Waals surface area contributed by atoms with Gasteiger partial charge in [-0.15, -0.1) is 11.3 Å². The van der Waals surface area contributed by atoms with Gasteiger partial charge >= 0.3 is 0 Å². The molecule has 0 aliphatic rings. The summed E-state index contributed by atoms with van der Waals surface area (Å²) >= 11 is 3.60. The Morgan fingerprint density at radius 3 is 2.58 bits per heavy atom. The fourth-order valence-electron chi connectivity index (χ4n) is 2.50. The van der Waals surface area contributed by atoms with Crippen LogP contribution in [-0.2, 0) is 0 Å². The Hall–Kier alpha value is -2.17. The summed E-state index contributed by atoms with van der Waals surface area (Å²) in [6.07, 6.45) is 0. The van der Waals surface area contributed by atoms with Gasteiger partial charge in [0, 0.05) is 19.6 Å². The number of anilines is 1. The number of aryl methyl sites for hydroxylation is 1. The lowest BCUT2D eigenvalue weighted by atomic mass is 10.0. The third-order valence-corrected chi connectivity index (χ3v) is 5.26. The van der Waals surface area contributed by atoms with Crippen LogP contribution < -0.4 is 5.32 Å². The number of amides is 1. The monoisotopic (exact) mass is 444 g/mol. The van der Waals surface area contributed by atoms with E-state index in [9.17, 15) is 10.1 Å². The van der Waals surface area contributed by atoms with E-state index in [1.54, 1.807) is 6.07 Å². The summed E-state index contributed by atoms with van der Waals surface area (Å²) in [5.74, 6) is -0.203. The number of rotatable bonds is 3. The minimum absolute atomic E-state index is 0.203. The third kappa shape index (κ3) is 3.35. The van der Waals surface area contributed by atoms with Gasteiger partial charge in [-0.2, -0.15) is 5.26 Å². The number of benzene rings is 2. The number of carbonyl (C=O) groups is 1. The Labute approximate surface area is 158 Å². The van der Waals surface area contributed by atoms with Crippen molar-refractivity contribution in [2.45, 2.75) is 6.92 Å². The van der Waals surface area contributed by atoms with Crippen LogP contribution in [0.15, 0.2) is 54.6 Å². The first-order valence-electron chi connectivity index (χ1n) is 7.26. The Bertz CT molecular complexity index is 942. The molecule has 24 heavy (non-hydrogen) atoms. The summed E-state index contributed by atoms with van der Waals surface area (Å²) in [5.41, 5.74) is 2.97. The second-order valence-electron chi connectivity index (χ2n) is 5.18. The van der Waals surface area contributed by atoms with Crippen LogP contribution in [0.5, 0.6) is 0 Å². The molecule has 118 valence electrons. The standard InChI is InChI=1S/C19H13IN2OS/c1-12-17(13-6-3-2-4-7-13)16(11-21)19(24-12)22-18(23)14-8-5-9-15(20)10-14/h2-10H,1H3,(H,22,23). The maximum absolute atomic E-state index is 12.5. The molecule has 1 heterocycles. The normalized spacial score (nSPS) is 10.2. The molecule has 2 aromatic carbocycles. The molecule has 0 aliphatic heterocycles. The van der Waals surface area contributed by atoms with Crippen molar-refractivity contribution in [2.24, 2.45) is 0 Å². The van der Waals surface area contributed by atoms with E-state index in [1.165, 1.54) is 11.3 Å². The number of hydrogen-bond donors (Lipinski definition) is 1. The summed E-state index contributed by atoms with van der Waals surface area (Å²) in [5, 5.41) is 13.1.